The molecule has 0 saturated heterocycles. The SMILES string of the molecule is NC[C@@H](NC(=O)c1cccc2c(-c3cn[nH]c3)n[nH]c12)c1ccccc1. The molecule has 0 spiro atoms. The Balaban J connectivity index is 1.67. The number of H-pyrrole nitrogens is 2. The number of amides is 1. The van der Waals surface area contributed by atoms with E-state index < -0.39 is 0 Å². The number of rotatable bonds is 5. The smallest absolute Gasteiger partial charge is 0.253 e. The van der Waals surface area contributed by atoms with Crippen LogP contribution < -0.4 is 11.1 Å². The van der Waals surface area contributed by atoms with Crippen LogP contribution in [0.4, 0.5) is 0 Å². The van der Waals surface area contributed by atoms with Crippen LogP contribution >= 0.6 is 0 Å². The number of hydrogen-bond donors (Lipinski definition) is 4. The molecule has 0 aliphatic heterocycles. The maximum atomic E-state index is 12.9. The summed E-state index contributed by atoms with van der Waals surface area (Å²) in [6.45, 7) is 0.314. The number of para-hydroxylation sites is 1. The minimum absolute atomic E-state index is 0.197. The summed E-state index contributed by atoms with van der Waals surface area (Å²) in [7, 11) is 0. The van der Waals surface area contributed by atoms with Crippen molar-refractivity contribution in [3.05, 3.63) is 72.1 Å². The first-order chi connectivity index (χ1) is 12.8. The highest BCUT2D eigenvalue weighted by Gasteiger charge is 2.19. The molecule has 4 aromatic rings. The number of hydrogen-bond acceptors (Lipinski definition) is 4. The molecular weight excluding hydrogens is 328 g/mol. The summed E-state index contributed by atoms with van der Waals surface area (Å²) in [4.78, 5) is 12.9. The molecule has 1 atom stereocenters. The van der Waals surface area contributed by atoms with Gasteiger partial charge in [-0.2, -0.15) is 10.2 Å². The van der Waals surface area contributed by atoms with Crippen molar-refractivity contribution in [1.82, 2.24) is 25.7 Å². The van der Waals surface area contributed by atoms with E-state index in [4.69, 9.17) is 5.73 Å². The van der Waals surface area contributed by atoms with Gasteiger partial charge in [0.05, 0.1) is 23.3 Å². The number of aromatic amines is 2. The second-order valence-electron chi connectivity index (χ2n) is 5.96. The predicted octanol–water partition coefficient (Wildman–Crippen LogP) is 2.38. The van der Waals surface area contributed by atoms with E-state index in [1.165, 1.54) is 0 Å². The van der Waals surface area contributed by atoms with Gasteiger partial charge in [0, 0.05) is 23.7 Å². The Bertz CT molecular complexity index is 1020. The van der Waals surface area contributed by atoms with Crippen LogP contribution in [0.15, 0.2) is 60.9 Å². The minimum Gasteiger partial charge on any atom is -0.344 e. The van der Waals surface area contributed by atoms with Crippen LogP contribution in [0, 0.1) is 0 Å². The molecule has 0 bridgehead atoms. The molecule has 0 radical (unpaired) electrons. The molecule has 4 rings (SSSR count). The predicted molar refractivity (Wildman–Crippen MR) is 99.4 cm³/mol. The van der Waals surface area contributed by atoms with Crippen molar-refractivity contribution in [2.45, 2.75) is 6.04 Å². The monoisotopic (exact) mass is 346 g/mol. The Morgan fingerprint density at radius 3 is 2.73 bits per heavy atom. The van der Waals surface area contributed by atoms with E-state index in [9.17, 15) is 4.79 Å². The molecule has 2 aromatic carbocycles. The highest BCUT2D eigenvalue weighted by molar-refractivity contribution is 6.08. The van der Waals surface area contributed by atoms with Crippen molar-refractivity contribution in [3.63, 3.8) is 0 Å². The number of carbonyl (C=O) groups is 1. The maximum absolute atomic E-state index is 12.9. The van der Waals surface area contributed by atoms with E-state index in [0.717, 1.165) is 22.2 Å². The van der Waals surface area contributed by atoms with Gasteiger partial charge in [-0.3, -0.25) is 15.0 Å². The topological polar surface area (TPSA) is 112 Å². The van der Waals surface area contributed by atoms with Crippen LogP contribution in [0.3, 0.4) is 0 Å². The highest BCUT2D eigenvalue weighted by Crippen LogP contribution is 2.27. The summed E-state index contributed by atoms with van der Waals surface area (Å²) in [5.74, 6) is -0.197. The van der Waals surface area contributed by atoms with E-state index in [-0.39, 0.29) is 11.9 Å². The third-order valence-electron chi connectivity index (χ3n) is 4.36. The first kappa shape index (κ1) is 16.0. The lowest BCUT2D eigenvalue weighted by Crippen LogP contribution is -2.33. The van der Waals surface area contributed by atoms with Crippen LogP contribution in [-0.2, 0) is 0 Å². The number of nitrogens with zero attached hydrogens (tertiary/aromatic N) is 2. The lowest BCUT2D eigenvalue weighted by atomic mass is 10.0. The van der Waals surface area contributed by atoms with Crippen molar-refractivity contribution >= 4 is 16.8 Å². The number of benzene rings is 2. The molecule has 5 N–H and O–H groups in total. The number of aromatic nitrogens is 4. The molecule has 1 amide bonds. The lowest BCUT2D eigenvalue weighted by Gasteiger charge is -2.17. The van der Waals surface area contributed by atoms with Crippen LogP contribution in [0.5, 0.6) is 0 Å². The molecule has 0 aliphatic carbocycles. The zero-order valence-electron chi connectivity index (χ0n) is 13.9. The van der Waals surface area contributed by atoms with Crippen molar-refractivity contribution in [1.29, 1.82) is 0 Å². The Morgan fingerprint density at radius 2 is 2.00 bits per heavy atom. The molecule has 7 heteroatoms. The molecule has 0 unspecified atom stereocenters. The fraction of sp³-hybridized carbons (Fsp3) is 0.105. The van der Waals surface area contributed by atoms with E-state index in [2.05, 4.69) is 25.7 Å². The zero-order chi connectivity index (χ0) is 17.9. The first-order valence-corrected chi connectivity index (χ1v) is 8.30. The fourth-order valence-electron chi connectivity index (χ4n) is 3.03. The Morgan fingerprint density at radius 1 is 1.15 bits per heavy atom. The second-order valence-corrected chi connectivity index (χ2v) is 5.96. The second kappa shape index (κ2) is 6.81. The van der Waals surface area contributed by atoms with Gasteiger partial charge in [0.1, 0.15) is 5.69 Å². The largest absolute Gasteiger partial charge is 0.344 e. The number of carbonyl (C=O) groups excluding carboxylic acids is 1. The van der Waals surface area contributed by atoms with E-state index in [0.29, 0.717) is 17.6 Å². The number of nitrogens with one attached hydrogen (secondary N) is 3. The van der Waals surface area contributed by atoms with Crippen molar-refractivity contribution in [2.75, 3.05) is 6.54 Å². The van der Waals surface area contributed by atoms with Gasteiger partial charge in [-0.15, -0.1) is 0 Å². The fourth-order valence-corrected chi connectivity index (χ4v) is 3.03. The van der Waals surface area contributed by atoms with Crippen LogP contribution in [0.1, 0.15) is 22.0 Å². The first-order valence-electron chi connectivity index (χ1n) is 8.30. The van der Waals surface area contributed by atoms with Crippen molar-refractivity contribution in [3.8, 4) is 11.3 Å². The van der Waals surface area contributed by atoms with Crippen LogP contribution in [-0.4, -0.2) is 32.8 Å². The highest BCUT2D eigenvalue weighted by atomic mass is 16.1. The quantitative estimate of drug-likeness (QED) is 0.444. The maximum Gasteiger partial charge on any atom is 0.253 e. The zero-order valence-corrected chi connectivity index (χ0v) is 13.9. The van der Waals surface area contributed by atoms with E-state index >= 15 is 0 Å². The van der Waals surface area contributed by atoms with Gasteiger partial charge in [0.2, 0.25) is 0 Å². The number of nitrogens with two attached hydrogens (primary N) is 1. The van der Waals surface area contributed by atoms with Gasteiger partial charge >= 0.3 is 0 Å². The van der Waals surface area contributed by atoms with Crippen molar-refractivity contribution in [2.24, 2.45) is 5.73 Å². The summed E-state index contributed by atoms with van der Waals surface area (Å²) >= 11 is 0. The summed E-state index contributed by atoms with van der Waals surface area (Å²) in [6.07, 6.45) is 3.46. The molecular formula is C19H18N6O. The third kappa shape index (κ3) is 2.84. The average Bonchev–Trinajstić information content (AvgIpc) is 3.35. The molecule has 0 fully saturated rings. The summed E-state index contributed by atoms with van der Waals surface area (Å²) in [5, 5.41) is 17.9. The third-order valence-corrected chi connectivity index (χ3v) is 4.36. The Hall–Kier alpha value is -3.45. The van der Waals surface area contributed by atoms with Gasteiger partial charge in [0.15, 0.2) is 0 Å². The average molecular weight is 346 g/mol. The van der Waals surface area contributed by atoms with E-state index in [1.807, 2.05) is 42.5 Å². The van der Waals surface area contributed by atoms with Gasteiger partial charge in [0.25, 0.3) is 5.91 Å². The molecule has 0 aliphatic rings. The van der Waals surface area contributed by atoms with Crippen LogP contribution in [0.25, 0.3) is 22.2 Å². The van der Waals surface area contributed by atoms with Crippen molar-refractivity contribution < 1.29 is 4.79 Å². The molecule has 2 heterocycles. The Kier molecular flexibility index (Phi) is 4.20. The standard InChI is InChI=1S/C19H18N6O/c20-9-16(12-5-2-1-3-6-12)23-19(26)15-8-4-7-14-17(24-25-18(14)15)13-10-21-22-11-13/h1-8,10-11,16H,9,20H2,(H,21,22)(H,23,26)(H,24,25)/t16-/m1/s1. The number of fused-ring (bicyclic) bond motifs is 1. The van der Waals surface area contributed by atoms with Crippen LogP contribution in [0.2, 0.25) is 0 Å². The summed E-state index contributed by atoms with van der Waals surface area (Å²) in [5.41, 5.74) is 9.66. The van der Waals surface area contributed by atoms with Gasteiger partial charge in [-0.05, 0) is 11.6 Å². The van der Waals surface area contributed by atoms with E-state index in [1.54, 1.807) is 18.5 Å². The molecule has 0 saturated carbocycles. The Labute approximate surface area is 149 Å². The molecule has 130 valence electrons. The molecule has 26 heavy (non-hydrogen) atoms. The molecule has 2 aromatic heterocycles. The summed E-state index contributed by atoms with van der Waals surface area (Å²) < 4.78 is 0. The lowest BCUT2D eigenvalue weighted by molar-refractivity contribution is 0.0939. The minimum atomic E-state index is -0.254. The summed E-state index contributed by atoms with van der Waals surface area (Å²) in [6, 6.07) is 15.0. The normalized spacial score (nSPS) is 12.2. The molecule has 7 nitrogen and oxygen atoms in total. The van der Waals surface area contributed by atoms with Gasteiger partial charge in [-0.25, -0.2) is 0 Å². The van der Waals surface area contributed by atoms with Gasteiger partial charge < -0.3 is 11.1 Å². The van der Waals surface area contributed by atoms with Gasteiger partial charge in [-0.1, -0.05) is 42.5 Å².